The average Bonchev–Trinajstić information content (AvgIpc) is 2.56. The molecular weight excluding hydrogens is 276 g/mol. The molecule has 2 N–H and O–H groups in total. The van der Waals surface area contributed by atoms with Crippen molar-refractivity contribution >= 4 is 5.91 Å². The lowest BCUT2D eigenvalue weighted by molar-refractivity contribution is -0.142. The summed E-state index contributed by atoms with van der Waals surface area (Å²) in [4.78, 5) is 14.1. The highest BCUT2D eigenvalue weighted by molar-refractivity contribution is 5.81. The minimum atomic E-state index is -0.482. The molecule has 4 heteroatoms. The van der Waals surface area contributed by atoms with Gasteiger partial charge in [0.05, 0.1) is 0 Å². The number of methoxy groups -OCH3 is 1. The summed E-state index contributed by atoms with van der Waals surface area (Å²) in [7, 11) is 1.55. The molecule has 22 heavy (non-hydrogen) atoms. The number of piperidine rings is 1. The fourth-order valence-corrected chi connectivity index (χ4v) is 3.07. The van der Waals surface area contributed by atoms with Crippen LogP contribution >= 0.6 is 0 Å². The second-order valence-corrected chi connectivity index (χ2v) is 6.25. The van der Waals surface area contributed by atoms with E-state index < -0.39 is 6.10 Å². The van der Waals surface area contributed by atoms with Gasteiger partial charge in [0.1, 0.15) is 6.10 Å². The summed E-state index contributed by atoms with van der Waals surface area (Å²) in [6.45, 7) is 4.03. The summed E-state index contributed by atoms with van der Waals surface area (Å²) >= 11 is 0. The number of nitrogens with two attached hydrogens (primary N) is 1. The zero-order chi connectivity index (χ0) is 15.9. The fraction of sp³-hybridized carbons (Fsp3) is 0.611. The third-order valence-corrected chi connectivity index (χ3v) is 4.66. The highest BCUT2D eigenvalue weighted by atomic mass is 16.5. The van der Waals surface area contributed by atoms with E-state index in [1.54, 1.807) is 7.11 Å². The number of rotatable bonds is 6. The summed E-state index contributed by atoms with van der Waals surface area (Å²) in [5.74, 6) is 0.756. The minimum absolute atomic E-state index is 0.0435. The van der Waals surface area contributed by atoms with Gasteiger partial charge in [-0.25, -0.2) is 0 Å². The van der Waals surface area contributed by atoms with Crippen LogP contribution in [0.3, 0.4) is 0 Å². The minimum Gasteiger partial charge on any atom is -0.370 e. The molecule has 0 aromatic heterocycles. The van der Waals surface area contributed by atoms with E-state index >= 15 is 0 Å². The predicted octanol–water partition coefficient (Wildman–Crippen LogP) is 2.14. The summed E-state index contributed by atoms with van der Waals surface area (Å²) in [6.07, 6.45) is 4.01. The van der Waals surface area contributed by atoms with Crippen LogP contribution in [0.5, 0.6) is 0 Å². The summed E-state index contributed by atoms with van der Waals surface area (Å²) in [5, 5.41) is 0. The van der Waals surface area contributed by atoms with Gasteiger partial charge in [0.2, 0.25) is 0 Å². The van der Waals surface area contributed by atoms with Gasteiger partial charge in [-0.1, -0.05) is 29.8 Å². The van der Waals surface area contributed by atoms with Gasteiger partial charge in [0.25, 0.3) is 5.91 Å². The smallest absolute Gasteiger partial charge is 0.253 e. The van der Waals surface area contributed by atoms with Gasteiger partial charge >= 0.3 is 0 Å². The lowest BCUT2D eigenvalue weighted by Crippen LogP contribution is -2.47. The van der Waals surface area contributed by atoms with E-state index in [1.165, 1.54) is 17.5 Å². The van der Waals surface area contributed by atoms with Crippen molar-refractivity contribution < 1.29 is 9.53 Å². The van der Waals surface area contributed by atoms with Crippen LogP contribution in [0.4, 0.5) is 0 Å². The second-order valence-electron chi connectivity index (χ2n) is 6.25. The Kier molecular flexibility index (Phi) is 6.40. The zero-order valence-electron chi connectivity index (χ0n) is 13.8. The number of ether oxygens (including phenoxy) is 1. The quantitative estimate of drug-likeness (QED) is 0.876. The first kappa shape index (κ1) is 17.0. The van der Waals surface area contributed by atoms with Crippen LogP contribution in [-0.4, -0.2) is 43.7 Å². The van der Waals surface area contributed by atoms with Gasteiger partial charge in [0, 0.05) is 26.7 Å². The Labute approximate surface area is 133 Å². The van der Waals surface area contributed by atoms with Crippen LogP contribution in [0.1, 0.15) is 30.4 Å². The second kappa shape index (κ2) is 8.30. The van der Waals surface area contributed by atoms with Gasteiger partial charge in [0.15, 0.2) is 0 Å². The van der Waals surface area contributed by atoms with E-state index in [0.717, 1.165) is 32.4 Å². The Hall–Kier alpha value is -1.39. The number of carbonyl (C=O) groups excluding carboxylic acids is 1. The molecule has 1 saturated heterocycles. The number of hydrogen-bond donors (Lipinski definition) is 1. The number of carbonyl (C=O) groups is 1. The van der Waals surface area contributed by atoms with Gasteiger partial charge in [-0.2, -0.15) is 0 Å². The number of amides is 1. The maximum atomic E-state index is 12.2. The molecule has 1 fully saturated rings. The first-order chi connectivity index (χ1) is 10.6. The molecule has 1 atom stereocenters. The zero-order valence-corrected chi connectivity index (χ0v) is 13.8. The average molecular weight is 304 g/mol. The van der Waals surface area contributed by atoms with Crippen LogP contribution in [-0.2, 0) is 16.0 Å². The molecule has 0 radical (unpaired) electrons. The molecule has 1 unspecified atom stereocenters. The van der Waals surface area contributed by atoms with Crippen molar-refractivity contribution in [2.75, 3.05) is 26.7 Å². The molecule has 1 heterocycles. The van der Waals surface area contributed by atoms with Gasteiger partial charge in [-0.15, -0.1) is 0 Å². The van der Waals surface area contributed by atoms with Gasteiger partial charge in [-0.3, -0.25) is 4.79 Å². The van der Waals surface area contributed by atoms with Crippen LogP contribution < -0.4 is 5.73 Å². The maximum Gasteiger partial charge on any atom is 0.253 e. The van der Waals surface area contributed by atoms with Crippen LogP contribution in [0.25, 0.3) is 0 Å². The van der Waals surface area contributed by atoms with E-state index in [9.17, 15) is 4.79 Å². The van der Waals surface area contributed by atoms with Crippen LogP contribution in [0.15, 0.2) is 24.3 Å². The Morgan fingerprint density at radius 2 is 1.95 bits per heavy atom. The SMILES string of the molecule is COC(CN)C(=O)N1CCC(CCc2ccc(C)cc2)CC1. The number of aryl methyl sites for hydroxylation is 2. The van der Waals surface area contributed by atoms with Crippen molar-refractivity contribution in [1.29, 1.82) is 0 Å². The molecule has 0 aliphatic carbocycles. The van der Waals surface area contributed by atoms with Gasteiger partial charge in [-0.05, 0) is 44.1 Å². The molecule has 1 aromatic carbocycles. The van der Waals surface area contributed by atoms with Gasteiger partial charge < -0.3 is 15.4 Å². The van der Waals surface area contributed by atoms with E-state index in [0.29, 0.717) is 5.92 Å². The molecule has 0 spiro atoms. The molecule has 1 amide bonds. The lowest BCUT2D eigenvalue weighted by Gasteiger charge is -2.33. The molecule has 2 rings (SSSR count). The number of likely N-dealkylation sites (tertiary alicyclic amines) is 1. The van der Waals surface area contributed by atoms with Crippen molar-refractivity contribution in [3.63, 3.8) is 0 Å². The molecule has 0 saturated carbocycles. The lowest BCUT2D eigenvalue weighted by atomic mass is 9.90. The molecule has 122 valence electrons. The van der Waals surface area contributed by atoms with Crippen LogP contribution in [0.2, 0.25) is 0 Å². The Morgan fingerprint density at radius 3 is 2.50 bits per heavy atom. The Balaban J connectivity index is 1.75. The summed E-state index contributed by atoms with van der Waals surface area (Å²) < 4.78 is 5.14. The Bertz CT molecular complexity index is 460. The Morgan fingerprint density at radius 1 is 1.32 bits per heavy atom. The monoisotopic (exact) mass is 304 g/mol. The predicted molar refractivity (Wildman–Crippen MR) is 88.7 cm³/mol. The number of hydrogen-bond acceptors (Lipinski definition) is 3. The van der Waals surface area contributed by atoms with E-state index in [-0.39, 0.29) is 12.5 Å². The summed E-state index contributed by atoms with van der Waals surface area (Å²) in [5.41, 5.74) is 8.29. The first-order valence-electron chi connectivity index (χ1n) is 8.21. The molecule has 1 aromatic rings. The topological polar surface area (TPSA) is 55.6 Å². The molecule has 0 bridgehead atoms. The van der Waals surface area contributed by atoms with Crippen molar-refractivity contribution in [3.05, 3.63) is 35.4 Å². The van der Waals surface area contributed by atoms with Crippen molar-refractivity contribution in [2.24, 2.45) is 11.7 Å². The summed E-state index contributed by atoms with van der Waals surface area (Å²) in [6, 6.07) is 8.79. The van der Waals surface area contributed by atoms with Crippen molar-refractivity contribution in [1.82, 2.24) is 4.90 Å². The van der Waals surface area contributed by atoms with Crippen molar-refractivity contribution in [2.45, 2.75) is 38.7 Å². The van der Waals surface area contributed by atoms with E-state index in [2.05, 4.69) is 31.2 Å². The number of benzene rings is 1. The third kappa shape index (κ3) is 4.55. The molecular formula is C18H28N2O2. The van der Waals surface area contributed by atoms with E-state index in [4.69, 9.17) is 10.5 Å². The number of nitrogens with zero attached hydrogens (tertiary/aromatic N) is 1. The first-order valence-corrected chi connectivity index (χ1v) is 8.21. The fourth-order valence-electron chi connectivity index (χ4n) is 3.07. The maximum absolute atomic E-state index is 12.2. The third-order valence-electron chi connectivity index (χ3n) is 4.66. The molecule has 4 nitrogen and oxygen atoms in total. The highest BCUT2D eigenvalue weighted by Crippen LogP contribution is 2.23. The van der Waals surface area contributed by atoms with Crippen molar-refractivity contribution in [3.8, 4) is 0 Å². The van der Waals surface area contributed by atoms with E-state index in [1.807, 2.05) is 4.90 Å². The largest absolute Gasteiger partial charge is 0.370 e. The molecule has 1 aliphatic heterocycles. The van der Waals surface area contributed by atoms with Crippen LogP contribution in [0, 0.1) is 12.8 Å². The standard InChI is InChI=1S/C18H28N2O2/c1-14-3-5-15(6-4-14)7-8-16-9-11-20(12-10-16)18(21)17(13-19)22-2/h3-6,16-17H,7-13,19H2,1-2H3. The molecule has 1 aliphatic rings. The highest BCUT2D eigenvalue weighted by Gasteiger charge is 2.27. The normalized spacial score (nSPS) is 17.5.